The highest BCUT2D eigenvalue weighted by atomic mass is 16.5. The van der Waals surface area contributed by atoms with E-state index in [4.69, 9.17) is 14.2 Å². The second kappa shape index (κ2) is 8.35. The molecule has 31 heavy (non-hydrogen) atoms. The Balaban J connectivity index is 1.78. The van der Waals surface area contributed by atoms with Crippen LogP contribution in [-0.4, -0.2) is 41.6 Å². The van der Waals surface area contributed by atoms with Crippen LogP contribution in [0.2, 0.25) is 0 Å². The zero-order valence-electron chi connectivity index (χ0n) is 17.7. The summed E-state index contributed by atoms with van der Waals surface area (Å²) in [6, 6.07) is 12.7. The molecule has 2 aromatic heterocycles. The summed E-state index contributed by atoms with van der Waals surface area (Å²) in [5.41, 5.74) is 3.29. The van der Waals surface area contributed by atoms with Gasteiger partial charge < -0.3 is 19.5 Å². The molecule has 0 aliphatic heterocycles. The number of hydrogen-bond acceptors (Lipinski definition) is 6. The zero-order chi connectivity index (χ0) is 22.0. The SMILES string of the molecule is COc1cc(-c2cn3c(NC(=O)c4ccccc4)c(C)nc3cn2)cc(OC)c1OC. The Labute approximate surface area is 179 Å². The van der Waals surface area contributed by atoms with Crippen LogP contribution in [0.15, 0.2) is 54.9 Å². The minimum atomic E-state index is -0.211. The standard InChI is InChI=1S/C23H22N4O4/c1-14-22(26-23(28)15-8-6-5-7-9-15)27-13-17(24-12-20(27)25-14)16-10-18(29-2)21(31-4)19(11-16)30-3/h5-13H,1-4H3,(H,26,28). The van der Waals surface area contributed by atoms with Crippen LogP contribution in [0, 0.1) is 6.92 Å². The van der Waals surface area contributed by atoms with Gasteiger partial charge in [0.1, 0.15) is 5.82 Å². The lowest BCUT2D eigenvalue weighted by Gasteiger charge is -2.14. The van der Waals surface area contributed by atoms with Crippen LogP contribution >= 0.6 is 0 Å². The van der Waals surface area contributed by atoms with Crippen LogP contribution in [0.4, 0.5) is 5.82 Å². The summed E-state index contributed by atoms with van der Waals surface area (Å²) >= 11 is 0. The van der Waals surface area contributed by atoms with Crippen LogP contribution in [0.3, 0.4) is 0 Å². The first-order chi connectivity index (χ1) is 15.0. The smallest absolute Gasteiger partial charge is 0.256 e. The number of anilines is 1. The van der Waals surface area contributed by atoms with Gasteiger partial charge in [-0.25, -0.2) is 4.98 Å². The fraction of sp³-hybridized carbons (Fsp3) is 0.174. The Morgan fingerprint density at radius 3 is 2.29 bits per heavy atom. The molecule has 0 spiro atoms. The van der Waals surface area contributed by atoms with Gasteiger partial charge in [-0.1, -0.05) is 18.2 Å². The van der Waals surface area contributed by atoms with E-state index in [0.29, 0.717) is 45.7 Å². The van der Waals surface area contributed by atoms with Gasteiger partial charge in [-0.3, -0.25) is 14.2 Å². The van der Waals surface area contributed by atoms with Gasteiger partial charge in [0.2, 0.25) is 5.75 Å². The summed E-state index contributed by atoms with van der Waals surface area (Å²) in [6.07, 6.45) is 3.47. The van der Waals surface area contributed by atoms with E-state index in [9.17, 15) is 4.79 Å². The number of benzene rings is 2. The summed E-state index contributed by atoms with van der Waals surface area (Å²) in [6.45, 7) is 1.84. The third kappa shape index (κ3) is 3.75. The fourth-order valence-corrected chi connectivity index (χ4v) is 3.37. The van der Waals surface area contributed by atoms with Crippen LogP contribution in [0.5, 0.6) is 17.2 Å². The number of nitrogens with one attached hydrogen (secondary N) is 1. The molecule has 0 bridgehead atoms. The van der Waals surface area contributed by atoms with Crippen molar-refractivity contribution in [1.29, 1.82) is 0 Å². The van der Waals surface area contributed by atoms with E-state index in [1.807, 2.05) is 47.9 Å². The maximum absolute atomic E-state index is 12.7. The molecule has 0 radical (unpaired) electrons. The molecule has 1 N–H and O–H groups in total. The average molecular weight is 418 g/mol. The maximum atomic E-state index is 12.7. The van der Waals surface area contributed by atoms with Gasteiger partial charge in [-0.05, 0) is 31.2 Å². The maximum Gasteiger partial charge on any atom is 0.256 e. The molecule has 2 heterocycles. The van der Waals surface area contributed by atoms with Gasteiger partial charge in [0.25, 0.3) is 5.91 Å². The second-order valence-electron chi connectivity index (χ2n) is 6.78. The third-order valence-electron chi connectivity index (χ3n) is 4.91. The number of aryl methyl sites for hydroxylation is 1. The van der Waals surface area contributed by atoms with Crippen molar-refractivity contribution >= 4 is 17.4 Å². The zero-order valence-corrected chi connectivity index (χ0v) is 17.7. The number of methoxy groups -OCH3 is 3. The van der Waals surface area contributed by atoms with Gasteiger partial charge in [0, 0.05) is 17.3 Å². The Morgan fingerprint density at radius 2 is 1.68 bits per heavy atom. The molecule has 0 saturated heterocycles. The lowest BCUT2D eigenvalue weighted by atomic mass is 10.1. The number of fused-ring (bicyclic) bond motifs is 1. The van der Waals surface area contributed by atoms with Crippen molar-refractivity contribution in [2.75, 3.05) is 26.6 Å². The number of nitrogens with zero attached hydrogens (tertiary/aromatic N) is 3. The first-order valence-corrected chi connectivity index (χ1v) is 9.57. The fourth-order valence-electron chi connectivity index (χ4n) is 3.37. The summed E-state index contributed by atoms with van der Waals surface area (Å²) in [5, 5.41) is 2.96. The van der Waals surface area contributed by atoms with Crippen molar-refractivity contribution < 1.29 is 19.0 Å². The molecule has 0 unspecified atom stereocenters. The number of carbonyl (C=O) groups is 1. The van der Waals surface area contributed by atoms with Gasteiger partial charge in [-0.2, -0.15) is 0 Å². The highest BCUT2D eigenvalue weighted by Crippen LogP contribution is 2.40. The van der Waals surface area contributed by atoms with Crippen molar-refractivity contribution in [3.8, 4) is 28.5 Å². The Kier molecular flexibility index (Phi) is 5.44. The molecule has 8 heteroatoms. The molecule has 4 rings (SSSR count). The molecular weight excluding hydrogens is 396 g/mol. The molecule has 0 saturated carbocycles. The van der Waals surface area contributed by atoms with E-state index in [0.717, 1.165) is 5.56 Å². The highest BCUT2D eigenvalue weighted by molar-refractivity contribution is 6.04. The van der Waals surface area contributed by atoms with E-state index in [1.54, 1.807) is 39.7 Å². The number of ether oxygens (including phenoxy) is 3. The predicted octanol–water partition coefficient (Wildman–Crippen LogP) is 3.98. The van der Waals surface area contributed by atoms with Crippen LogP contribution in [0.1, 0.15) is 16.1 Å². The lowest BCUT2D eigenvalue weighted by Crippen LogP contribution is -2.14. The number of carbonyl (C=O) groups excluding carboxylic acids is 1. The van der Waals surface area contributed by atoms with Crippen molar-refractivity contribution in [2.45, 2.75) is 6.92 Å². The van der Waals surface area contributed by atoms with Gasteiger partial charge in [-0.15, -0.1) is 0 Å². The normalized spacial score (nSPS) is 10.7. The van der Waals surface area contributed by atoms with Crippen molar-refractivity contribution in [3.05, 3.63) is 66.1 Å². The number of aromatic nitrogens is 3. The van der Waals surface area contributed by atoms with E-state index < -0.39 is 0 Å². The van der Waals surface area contributed by atoms with Gasteiger partial charge >= 0.3 is 0 Å². The Hall–Kier alpha value is -4.07. The van der Waals surface area contributed by atoms with Gasteiger partial charge in [0.15, 0.2) is 17.1 Å². The van der Waals surface area contributed by atoms with E-state index in [2.05, 4.69) is 15.3 Å². The van der Waals surface area contributed by atoms with E-state index in [1.165, 1.54) is 0 Å². The summed E-state index contributed by atoms with van der Waals surface area (Å²) in [7, 11) is 4.68. The first-order valence-electron chi connectivity index (χ1n) is 9.57. The molecule has 0 aliphatic rings. The first kappa shape index (κ1) is 20.2. The molecule has 0 fully saturated rings. The highest BCUT2D eigenvalue weighted by Gasteiger charge is 2.17. The lowest BCUT2D eigenvalue weighted by molar-refractivity contribution is 0.102. The summed E-state index contributed by atoms with van der Waals surface area (Å²) < 4.78 is 18.1. The number of rotatable bonds is 6. The quantitative estimate of drug-likeness (QED) is 0.510. The van der Waals surface area contributed by atoms with Crippen LogP contribution in [-0.2, 0) is 0 Å². The molecule has 4 aromatic rings. The summed E-state index contributed by atoms with van der Waals surface area (Å²) in [5.74, 6) is 1.93. The van der Waals surface area contributed by atoms with Gasteiger partial charge in [0.05, 0.1) is 38.9 Å². The Morgan fingerprint density at radius 1 is 1.00 bits per heavy atom. The predicted molar refractivity (Wildman–Crippen MR) is 117 cm³/mol. The second-order valence-corrected chi connectivity index (χ2v) is 6.78. The minimum Gasteiger partial charge on any atom is -0.493 e. The average Bonchev–Trinajstić information content (AvgIpc) is 3.12. The topological polar surface area (TPSA) is 87.0 Å². The molecule has 0 atom stereocenters. The third-order valence-corrected chi connectivity index (χ3v) is 4.91. The largest absolute Gasteiger partial charge is 0.493 e. The number of hydrogen-bond donors (Lipinski definition) is 1. The van der Waals surface area contributed by atoms with Crippen molar-refractivity contribution in [3.63, 3.8) is 0 Å². The molecule has 0 aliphatic carbocycles. The molecule has 158 valence electrons. The van der Waals surface area contributed by atoms with E-state index in [-0.39, 0.29) is 5.91 Å². The van der Waals surface area contributed by atoms with Crippen molar-refractivity contribution in [2.24, 2.45) is 0 Å². The molecular formula is C23H22N4O4. The summed E-state index contributed by atoms with van der Waals surface area (Å²) in [4.78, 5) is 21.7. The van der Waals surface area contributed by atoms with Crippen molar-refractivity contribution in [1.82, 2.24) is 14.4 Å². The molecule has 1 amide bonds. The molecule has 8 nitrogen and oxygen atoms in total. The minimum absolute atomic E-state index is 0.211. The Bertz CT molecular complexity index is 1230. The number of amides is 1. The monoisotopic (exact) mass is 418 g/mol. The van der Waals surface area contributed by atoms with E-state index >= 15 is 0 Å². The van der Waals surface area contributed by atoms with Crippen LogP contribution in [0.25, 0.3) is 16.9 Å². The molecule has 2 aromatic carbocycles. The number of imidazole rings is 1. The van der Waals surface area contributed by atoms with Crippen LogP contribution < -0.4 is 19.5 Å².